The number of sulfonamides is 1. The molecule has 4 aromatic carbocycles. The van der Waals surface area contributed by atoms with Crippen molar-refractivity contribution in [2.45, 2.75) is 37.8 Å². The Morgan fingerprint density at radius 1 is 0.884 bits per heavy atom. The molecule has 0 heterocycles. The lowest BCUT2D eigenvalue weighted by molar-refractivity contribution is -0.140. The first-order valence-electron chi connectivity index (χ1n) is 13.8. The van der Waals surface area contributed by atoms with Crippen LogP contribution in [0.25, 0.3) is 0 Å². The Morgan fingerprint density at radius 2 is 1.51 bits per heavy atom. The number of nitrogens with zero attached hydrogens (tertiary/aromatic N) is 2. The van der Waals surface area contributed by atoms with Crippen LogP contribution in [0.1, 0.15) is 23.6 Å². The predicted molar refractivity (Wildman–Crippen MR) is 167 cm³/mol. The van der Waals surface area contributed by atoms with Crippen molar-refractivity contribution in [2.75, 3.05) is 17.4 Å². The second-order valence-corrected chi connectivity index (χ2v) is 12.3. The van der Waals surface area contributed by atoms with Gasteiger partial charge in [0.05, 0.1) is 10.6 Å². The average Bonchev–Trinajstić information content (AvgIpc) is 3.00. The van der Waals surface area contributed by atoms with Gasteiger partial charge in [0, 0.05) is 24.5 Å². The van der Waals surface area contributed by atoms with Gasteiger partial charge in [-0.25, -0.2) is 12.8 Å². The van der Waals surface area contributed by atoms with E-state index in [1.807, 2.05) is 37.3 Å². The summed E-state index contributed by atoms with van der Waals surface area (Å²) in [6.07, 6.45) is 0.193. The zero-order chi connectivity index (χ0) is 31.0. The molecule has 0 saturated heterocycles. The smallest absolute Gasteiger partial charge is 0.264 e. The molecular weight excluding hydrogens is 589 g/mol. The van der Waals surface area contributed by atoms with Crippen LogP contribution < -0.4 is 9.62 Å². The van der Waals surface area contributed by atoms with Crippen LogP contribution in [-0.4, -0.2) is 44.3 Å². The minimum atomic E-state index is -4.32. The van der Waals surface area contributed by atoms with E-state index in [-0.39, 0.29) is 29.5 Å². The molecule has 10 heteroatoms. The summed E-state index contributed by atoms with van der Waals surface area (Å²) in [7, 11) is -4.32. The first-order valence-corrected chi connectivity index (χ1v) is 15.6. The zero-order valence-electron chi connectivity index (χ0n) is 23.9. The summed E-state index contributed by atoms with van der Waals surface area (Å²) in [6.45, 7) is 3.34. The number of hydrogen-bond donors (Lipinski definition) is 1. The van der Waals surface area contributed by atoms with Crippen LogP contribution in [0.4, 0.5) is 10.1 Å². The van der Waals surface area contributed by atoms with Crippen LogP contribution >= 0.6 is 11.6 Å². The van der Waals surface area contributed by atoms with Crippen molar-refractivity contribution < 1.29 is 22.4 Å². The molecule has 0 saturated carbocycles. The van der Waals surface area contributed by atoms with E-state index in [1.54, 1.807) is 55.5 Å². The standard InChI is InChI=1S/C33H33ClFN3O4S/c1-3-36-33(40)31(21-25-9-5-4-6-10-25)37(22-26-11-7-8-12-30(26)34)32(39)23-38(28-17-13-24(2)14-18-28)43(41,42)29-19-15-27(35)16-20-29/h4-20,31H,3,21-23H2,1-2H3,(H,36,40)/t31-/m0/s1. The fraction of sp³-hybridized carbons (Fsp3) is 0.212. The molecule has 0 aromatic heterocycles. The highest BCUT2D eigenvalue weighted by Crippen LogP contribution is 2.26. The molecular formula is C33H33ClFN3O4S. The summed E-state index contributed by atoms with van der Waals surface area (Å²) in [6, 6.07) is 26.4. The van der Waals surface area contributed by atoms with Crippen molar-refractivity contribution in [1.29, 1.82) is 0 Å². The lowest BCUT2D eigenvalue weighted by Gasteiger charge is -2.34. The Balaban J connectivity index is 1.80. The highest BCUT2D eigenvalue weighted by atomic mass is 35.5. The van der Waals surface area contributed by atoms with Gasteiger partial charge in [0.2, 0.25) is 11.8 Å². The van der Waals surface area contributed by atoms with Crippen LogP contribution in [0, 0.1) is 12.7 Å². The molecule has 224 valence electrons. The average molecular weight is 622 g/mol. The van der Waals surface area contributed by atoms with E-state index in [0.717, 1.165) is 39.7 Å². The van der Waals surface area contributed by atoms with Crippen molar-refractivity contribution in [2.24, 2.45) is 0 Å². The molecule has 0 aliphatic carbocycles. The van der Waals surface area contributed by atoms with Crippen molar-refractivity contribution in [3.8, 4) is 0 Å². The van der Waals surface area contributed by atoms with Gasteiger partial charge in [0.25, 0.3) is 10.0 Å². The topological polar surface area (TPSA) is 86.8 Å². The third-order valence-electron chi connectivity index (χ3n) is 6.92. The highest BCUT2D eigenvalue weighted by molar-refractivity contribution is 7.92. The Bertz CT molecular complexity index is 1650. The maximum Gasteiger partial charge on any atom is 0.264 e. The fourth-order valence-corrected chi connectivity index (χ4v) is 6.24. The van der Waals surface area contributed by atoms with Crippen LogP contribution in [0.15, 0.2) is 108 Å². The van der Waals surface area contributed by atoms with Crippen LogP contribution in [-0.2, 0) is 32.6 Å². The summed E-state index contributed by atoms with van der Waals surface area (Å²) >= 11 is 6.48. The second kappa shape index (κ2) is 14.3. The van der Waals surface area contributed by atoms with Gasteiger partial charge in [0.1, 0.15) is 18.4 Å². The summed E-state index contributed by atoms with van der Waals surface area (Å²) in [5.74, 6) is -1.58. The summed E-state index contributed by atoms with van der Waals surface area (Å²) in [5, 5.41) is 3.23. The second-order valence-electron chi connectivity index (χ2n) is 10.0. The molecule has 0 unspecified atom stereocenters. The summed E-state index contributed by atoms with van der Waals surface area (Å²) in [4.78, 5) is 29.0. The minimum absolute atomic E-state index is 0.0362. The van der Waals surface area contributed by atoms with E-state index in [1.165, 1.54) is 4.90 Å². The number of anilines is 1. The largest absolute Gasteiger partial charge is 0.355 e. The number of halogens is 2. The van der Waals surface area contributed by atoms with Gasteiger partial charge in [-0.05, 0) is 67.4 Å². The van der Waals surface area contributed by atoms with Gasteiger partial charge < -0.3 is 10.2 Å². The third-order valence-corrected chi connectivity index (χ3v) is 9.08. The van der Waals surface area contributed by atoms with E-state index >= 15 is 0 Å². The third kappa shape index (κ3) is 8.00. The predicted octanol–water partition coefficient (Wildman–Crippen LogP) is 5.76. The first kappa shape index (κ1) is 31.7. The van der Waals surface area contributed by atoms with Gasteiger partial charge >= 0.3 is 0 Å². The molecule has 4 rings (SSSR count). The quantitative estimate of drug-likeness (QED) is 0.218. The molecule has 0 spiro atoms. The zero-order valence-corrected chi connectivity index (χ0v) is 25.5. The molecule has 1 N–H and O–H groups in total. The number of hydrogen-bond acceptors (Lipinski definition) is 4. The van der Waals surface area contributed by atoms with E-state index < -0.39 is 34.3 Å². The van der Waals surface area contributed by atoms with Crippen molar-refractivity contribution in [3.05, 3.63) is 131 Å². The van der Waals surface area contributed by atoms with E-state index in [4.69, 9.17) is 11.6 Å². The monoisotopic (exact) mass is 621 g/mol. The van der Waals surface area contributed by atoms with Crippen molar-refractivity contribution in [3.63, 3.8) is 0 Å². The molecule has 0 aliphatic rings. The molecule has 1 atom stereocenters. The SMILES string of the molecule is CCNC(=O)[C@H](Cc1ccccc1)N(Cc1ccccc1Cl)C(=O)CN(c1ccc(C)cc1)S(=O)(=O)c1ccc(F)cc1. The van der Waals surface area contributed by atoms with E-state index in [2.05, 4.69) is 5.32 Å². The maximum absolute atomic E-state index is 14.3. The Kier molecular flexibility index (Phi) is 10.6. The number of likely N-dealkylation sites (N-methyl/N-ethyl adjacent to an activating group) is 1. The molecule has 0 aliphatic heterocycles. The Hall–Kier alpha value is -4.21. The summed E-state index contributed by atoms with van der Waals surface area (Å²) < 4.78 is 42.5. The fourth-order valence-electron chi connectivity index (χ4n) is 4.63. The normalized spacial score (nSPS) is 11.9. The maximum atomic E-state index is 14.3. The van der Waals surface area contributed by atoms with E-state index in [0.29, 0.717) is 17.1 Å². The number of rotatable bonds is 12. The number of amides is 2. The molecule has 0 radical (unpaired) electrons. The highest BCUT2D eigenvalue weighted by Gasteiger charge is 2.34. The van der Waals surface area contributed by atoms with E-state index in [9.17, 15) is 22.4 Å². The molecule has 7 nitrogen and oxygen atoms in total. The van der Waals surface area contributed by atoms with Crippen LogP contribution in [0.3, 0.4) is 0 Å². The van der Waals surface area contributed by atoms with Crippen molar-refractivity contribution >= 4 is 39.1 Å². The number of benzene rings is 4. The number of nitrogens with one attached hydrogen (secondary N) is 1. The molecule has 2 amide bonds. The van der Waals surface area contributed by atoms with Gasteiger partial charge in [-0.3, -0.25) is 13.9 Å². The molecule has 0 bridgehead atoms. The minimum Gasteiger partial charge on any atom is -0.355 e. The Morgan fingerprint density at radius 3 is 2.14 bits per heavy atom. The summed E-state index contributed by atoms with van der Waals surface area (Å²) in [5.41, 5.74) is 2.57. The number of aryl methyl sites for hydroxylation is 1. The van der Waals surface area contributed by atoms with Crippen LogP contribution in [0.2, 0.25) is 5.02 Å². The number of carbonyl (C=O) groups excluding carboxylic acids is 2. The van der Waals surface area contributed by atoms with Gasteiger partial charge in [0.15, 0.2) is 0 Å². The van der Waals surface area contributed by atoms with Gasteiger partial charge in [-0.1, -0.05) is 77.8 Å². The molecule has 4 aromatic rings. The number of carbonyl (C=O) groups is 2. The van der Waals surface area contributed by atoms with Gasteiger partial charge in [-0.15, -0.1) is 0 Å². The molecule has 0 fully saturated rings. The Labute approximate surface area is 257 Å². The molecule has 43 heavy (non-hydrogen) atoms. The van der Waals surface area contributed by atoms with Gasteiger partial charge in [-0.2, -0.15) is 0 Å². The lowest BCUT2D eigenvalue weighted by atomic mass is 10.0. The van der Waals surface area contributed by atoms with Crippen molar-refractivity contribution in [1.82, 2.24) is 10.2 Å². The first-order chi connectivity index (χ1) is 20.6. The lowest BCUT2D eigenvalue weighted by Crippen LogP contribution is -2.53. The van der Waals surface area contributed by atoms with Crippen LogP contribution in [0.5, 0.6) is 0 Å².